The van der Waals surface area contributed by atoms with Crippen molar-refractivity contribution in [3.8, 4) is 0 Å². The predicted octanol–water partition coefficient (Wildman–Crippen LogP) is 0.483. The third-order valence-corrected chi connectivity index (χ3v) is 0.298. The largest absolute Gasteiger partial charge is 0.751 e. The van der Waals surface area contributed by atoms with Gasteiger partial charge in [0.25, 0.3) is 0 Å². The van der Waals surface area contributed by atoms with Crippen molar-refractivity contribution >= 4 is 7.40 Å². The van der Waals surface area contributed by atoms with Gasteiger partial charge in [0, 0.05) is 0 Å². The summed E-state index contributed by atoms with van der Waals surface area (Å²) in [5.74, 6) is 0.162. The van der Waals surface area contributed by atoms with Crippen molar-refractivity contribution in [3.05, 3.63) is 12.3 Å². The average Bonchev–Trinajstić information content (AvgIpc) is 1.27. The first-order valence-electron chi connectivity index (χ1n) is 1.77. The average molecular weight is 104 g/mol. The zero-order valence-corrected chi connectivity index (χ0v) is 4.02. The Balaban J connectivity index is 3.13. The van der Waals surface area contributed by atoms with Crippen LogP contribution in [-0.2, 0) is 4.65 Å². The van der Waals surface area contributed by atoms with E-state index in [0.717, 1.165) is 0 Å². The molecule has 0 atom stereocenters. The van der Waals surface area contributed by atoms with Crippen molar-refractivity contribution in [3.63, 3.8) is 0 Å². The molecule has 0 fully saturated rings. The number of hydrogen-bond donors (Lipinski definition) is 1. The normalized spacial score (nSPS) is 7.86. The SMILES string of the molecule is C=C(C)OB(O)F. The fourth-order valence-electron chi connectivity index (χ4n) is 0.166. The molecule has 0 spiro atoms. The lowest BCUT2D eigenvalue weighted by molar-refractivity contribution is 0.287. The molecule has 0 aromatic carbocycles. The van der Waals surface area contributed by atoms with E-state index in [1.54, 1.807) is 0 Å². The van der Waals surface area contributed by atoms with Crippen molar-refractivity contribution in [1.82, 2.24) is 0 Å². The molecule has 2 nitrogen and oxygen atoms in total. The fourth-order valence-corrected chi connectivity index (χ4v) is 0.166. The highest BCUT2D eigenvalue weighted by Crippen LogP contribution is 1.91. The first-order chi connectivity index (χ1) is 3.13. The molecule has 1 N–H and O–H groups in total. The second-order valence-corrected chi connectivity index (χ2v) is 1.11. The molecule has 0 heterocycles. The van der Waals surface area contributed by atoms with Crippen molar-refractivity contribution in [1.29, 1.82) is 0 Å². The quantitative estimate of drug-likeness (QED) is 0.407. The Morgan fingerprint density at radius 3 is 2.43 bits per heavy atom. The Morgan fingerprint density at radius 1 is 2.00 bits per heavy atom. The van der Waals surface area contributed by atoms with E-state index >= 15 is 0 Å². The molecule has 0 rings (SSSR count). The van der Waals surface area contributed by atoms with E-state index < -0.39 is 7.40 Å². The van der Waals surface area contributed by atoms with Gasteiger partial charge in [0.15, 0.2) is 0 Å². The van der Waals surface area contributed by atoms with Gasteiger partial charge in [-0.1, -0.05) is 6.58 Å². The van der Waals surface area contributed by atoms with E-state index in [4.69, 9.17) is 5.02 Å². The molecule has 0 saturated heterocycles. The maximum atomic E-state index is 11.2. The van der Waals surface area contributed by atoms with Crippen molar-refractivity contribution in [2.45, 2.75) is 6.92 Å². The number of allylic oxidation sites excluding steroid dienone is 1. The molecular formula is C3H6BFO2. The van der Waals surface area contributed by atoms with Crippen molar-refractivity contribution in [2.24, 2.45) is 0 Å². The highest BCUT2D eigenvalue weighted by Gasteiger charge is 2.11. The zero-order valence-electron chi connectivity index (χ0n) is 4.02. The van der Waals surface area contributed by atoms with E-state index in [0.29, 0.717) is 0 Å². The lowest BCUT2D eigenvalue weighted by atomic mass is 10.3. The monoisotopic (exact) mass is 104 g/mol. The van der Waals surface area contributed by atoms with Crippen LogP contribution in [0.5, 0.6) is 0 Å². The number of hydrogen-bond acceptors (Lipinski definition) is 2. The van der Waals surface area contributed by atoms with Gasteiger partial charge < -0.3 is 9.68 Å². The standard InChI is InChI=1S/C3H6BFO2/c1-3(2)7-4(5)6/h6H,1H2,2H3. The van der Waals surface area contributed by atoms with E-state index in [9.17, 15) is 4.32 Å². The minimum atomic E-state index is -2.22. The molecule has 0 bridgehead atoms. The van der Waals surface area contributed by atoms with E-state index in [1.165, 1.54) is 6.92 Å². The maximum Gasteiger partial charge on any atom is 0.751 e. The summed E-state index contributed by atoms with van der Waals surface area (Å²) in [6.45, 7) is 4.62. The minimum absolute atomic E-state index is 0.162. The first kappa shape index (κ1) is 6.49. The molecule has 0 aliphatic rings. The van der Waals surface area contributed by atoms with E-state index in [-0.39, 0.29) is 5.76 Å². The van der Waals surface area contributed by atoms with Gasteiger partial charge in [0.2, 0.25) is 0 Å². The molecule has 0 aromatic heterocycles. The molecule has 7 heavy (non-hydrogen) atoms. The van der Waals surface area contributed by atoms with Crippen LogP contribution in [-0.4, -0.2) is 12.4 Å². The molecule has 4 heteroatoms. The molecule has 0 saturated carbocycles. The van der Waals surface area contributed by atoms with Gasteiger partial charge in [-0.05, 0) is 6.92 Å². The van der Waals surface area contributed by atoms with Crippen LogP contribution in [0.25, 0.3) is 0 Å². The van der Waals surface area contributed by atoms with Crippen LogP contribution >= 0.6 is 0 Å². The van der Waals surface area contributed by atoms with Crippen LogP contribution in [0.2, 0.25) is 0 Å². The second kappa shape index (κ2) is 2.63. The zero-order chi connectivity index (χ0) is 5.86. The van der Waals surface area contributed by atoms with E-state index in [1.807, 2.05) is 0 Å². The number of halogens is 1. The van der Waals surface area contributed by atoms with Gasteiger partial charge in [-0.2, -0.15) is 0 Å². The van der Waals surface area contributed by atoms with Crippen LogP contribution in [0.1, 0.15) is 6.92 Å². The minimum Gasteiger partial charge on any atom is -0.513 e. The van der Waals surface area contributed by atoms with Crippen molar-refractivity contribution < 1.29 is 14.0 Å². The molecule has 40 valence electrons. The molecule has 0 aliphatic carbocycles. The molecular weight excluding hydrogens is 97.8 g/mol. The van der Waals surface area contributed by atoms with Crippen molar-refractivity contribution in [2.75, 3.05) is 0 Å². The Kier molecular flexibility index (Phi) is 2.44. The summed E-state index contributed by atoms with van der Waals surface area (Å²) in [5, 5.41) is 7.77. The summed E-state index contributed by atoms with van der Waals surface area (Å²) in [7, 11) is -2.22. The predicted molar refractivity (Wildman–Crippen MR) is 25.0 cm³/mol. The Hall–Kier alpha value is -0.505. The van der Waals surface area contributed by atoms with Crippen LogP contribution in [0.3, 0.4) is 0 Å². The van der Waals surface area contributed by atoms with Crippen LogP contribution in [0.15, 0.2) is 12.3 Å². The van der Waals surface area contributed by atoms with Gasteiger partial charge >= 0.3 is 7.40 Å². The highest BCUT2D eigenvalue weighted by atomic mass is 19.1. The van der Waals surface area contributed by atoms with E-state index in [2.05, 4.69) is 11.2 Å². The maximum absolute atomic E-state index is 11.2. The van der Waals surface area contributed by atoms with Gasteiger partial charge in [0.05, 0.1) is 5.76 Å². The first-order valence-corrected chi connectivity index (χ1v) is 1.77. The summed E-state index contributed by atoms with van der Waals surface area (Å²) in [6, 6.07) is 0. The van der Waals surface area contributed by atoms with Gasteiger partial charge in [-0.25, -0.2) is 4.32 Å². The van der Waals surface area contributed by atoms with Crippen LogP contribution < -0.4 is 0 Å². The Morgan fingerprint density at radius 2 is 2.43 bits per heavy atom. The second-order valence-electron chi connectivity index (χ2n) is 1.11. The summed E-state index contributed by atoms with van der Waals surface area (Å²) in [6.07, 6.45) is 0. The van der Waals surface area contributed by atoms with Crippen LogP contribution in [0, 0.1) is 0 Å². The van der Waals surface area contributed by atoms with Crippen LogP contribution in [0.4, 0.5) is 4.32 Å². The highest BCUT2D eigenvalue weighted by molar-refractivity contribution is 6.33. The third kappa shape index (κ3) is 5.49. The summed E-state index contributed by atoms with van der Waals surface area (Å²) in [5.41, 5.74) is 0. The summed E-state index contributed by atoms with van der Waals surface area (Å²) in [4.78, 5) is 0. The molecule has 0 radical (unpaired) electrons. The summed E-state index contributed by atoms with van der Waals surface area (Å²) >= 11 is 0. The Bertz CT molecular complexity index is 73.3. The molecule has 0 aliphatic heterocycles. The fraction of sp³-hybridized carbons (Fsp3) is 0.333. The Labute approximate surface area is 41.8 Å². The summed E-state index contributed by atoms with van der Waals surface area (Å²) < 4.78 is 15.2. The molecule has 0 unspecified atom stereocenters. The topological polar surface area (TPSA) is 29.5 Å². The smallest absolute Gasteiger partial charge is 0.513 e. The lowest BCUT2D eigenvalue weighted by Gasteiger charge is -1.97. The van der Waals surface area contributed by atoms with Gasteiger partial charge in [-0.3, -0.25) is 0 Å². The molecule has 0 aromatic rings. The van der Waals surface area contributed by atoms with Gasteiger partial charge in [0.1, 0.15) is 0 Å². The third-order valence-electron chi connectivity index (χ3n) is 0.298. The molecule has 0 amide bonds. The van der Waals surface area contributed by atoms with Gasteiger partial charge in [-0.15, -0.1) is 0 Å². The number of rotatable bonds is 2. The lowest BCUT2D eigenvalue weighted by Crippen LogP contribution is -2.07.